The van der Waals surface area contributed by atoms with Crippen LogP contribution < -0.4 is 0 Å². The fourth-order valence-electron chi connectivity index (χ4n) is 1.62. The standard InChI is InChI=1S/C11H12N2O/c1-3-11(14)13-8(2)12-9-6-4-5-7-10(9)13/h4-7H,3H2,1-2H3. The van der Waals surface area contributed by atoms with Crippen molar-refractivity contribution < 1.29 is 4.79 Å². The highest BCUT2D eigenvalue weighted by atomic mass is 16.2. The number of imidazole rings is 1. The van der Waals surface area contributed by atoms with E-state index in [4.69, 9.17) is 0 Å². The van der Waals surface area contributed by atoms with Crippen LogP contribution in [-0.2, 0) is 0 Å². The van der Waals surface area contributed by atoms with E-state index in [1.807, 2.05) is 38.1 Å². The Balaban J connectivity index is 2.74. The van der Waals surface area contributed by atoms with Crippen LogP contribution in [0.25, 0.3) is 11.0 Å². The molecule has 0 N–H and O–H groups in total. The van der Waals surface area contributed by atoms with Gasteiger partial charge in [0, 0.05) is 6.42 Å². The van der Waals surface area contributed by atoms with Crippen molar-refractivity contribution in [3.05, 3.63) is 30.1 Å². The predicted molar refractivity (Wildman–Crippen MR) is 55.4 cm³/mol. The highest BCUT2D eigenvalue weighted by Crippen LogP contribution is 2.15. The molecule has 1 heterocycles. The van der Waals surface area contributed by atoms with Crippen LogP contribution in [0, 0.1) is 6.92 Å². The molecule has 14 heavy (non-hydrogen) atoms. The number of rotatable bonds is 1. The first-order valence-corrected chi connectivity index (χ1v) is 4.71. The van der Waals surface area contributed by atoms with E-state index in [0.717, 1.165) is 16.9 Å². The molecule has 0 fully saturated rings. The van der Waals surface area contributed by atoms with Crippen LogP contribution in [0.1, 0.15) is 24.0 Å². The maximum absolute atomic E-state index is 11.6. The first-order chi connectivity index (χ1) is 6.74. The summed E-state index contributed by atoms with van der Waals surface area (Å²) in [6.07, 6.45) is 0.501. The van der Waals surface area contributed by atoms with Gasteiger partial charge in [-0.3, -0.25) is 9.36 Å². The number of hydrogen-bond acceptors (Lipinski definition) is 2. The second-order valence-corrected chi connectivity index (χ2v) is 3.23. The van der Waals surface area contributed by atoms with E-state index in [-0.39, 0.29) is 5.91 Å². The van der Waals surface area contributed by atoms with Crippen LogP contribution >= 0.6 is 0 Å². The Morgan fingerprint density at radius 1 is 1.43 bits per heavy atom. The van der Waals surface area contributed by atoms with Crippen LogP contribution in [0.3, 0.4) is 0 Å². The SMILES string of the molecule is CCC(=O)n1c(C)nc2ccccc21. The first-order valence-electron chi connectivity index (χ1n) is 4.71. The molecule has 3 heteroatoms. The highest BCUT2D eigenvalue weighted by Gasteiger charge is 2.11. The molecule has 2 rings (SSSR count). The zero-order valence-electron chi connectivity index (χ0n) is 8.32. The summed E-state index contributed by atoms with van der Waals surface area (Å²) in [4.78, 5) is 16.0. The molecule has 0 saturated carbocycles. The number of aryl methyl sites for hydroxylation is 1. The molecule has 2 aromatic rings. The summed E-state index contributed by atoms with van der Waals surface area (Å²) in [5.74, 6) is 0.856. The van der Waals surface area contributed by atoms with Crippen LogP contribution in [0.5, 0.6) is 0 Å². The Hall–Kier alpha value is -1.64. The van der Waals surface area contributed by atoms with Gasteiger partial charge in [-0.15, -0.1) is 0 Å². The van der Waals surface area contributed by atoms with Gasteiger partial charge in [0.25, 0.3) is 0 Å². The van der Waals surface area contributed by atoms with Gasteiger partial charge < -0.3 is 0 Å². The van der Waals surface area contributed by atoms with E-state index in [1.165, 1.54) is 0 Å². The summed E-state index contributed by atoms with van der Waals surface area (Å²) < 4.78 is 1.68. The fraction of sp³-hybridized carbons (Fsp3) is 0.273. The minimum Gasteiger partial charge on any atom is -0.274 e. The predicted octanol–water partition coefficient (Wildman–Crippen LogP) is 2.39. The average Bonchev–Trinajstić information content (AvgIpc) is 2.53. The van der Waals surface area contributed by atoms with Gasteiger partial charge in [0.05, 0.1) is 11.0 Å². The maximum atomic E-state index is 11.6. The first kappa shape index (κ1) is 8.94. The second-order valence-electron chi connectivity index (χ2n) is 3.23. The molecule has 0 saturated heterocycles. The molecule has 0 amide bonds. The Morgan fingerprint density at radius 2 is 2.14 bits per heavy atom. The smallest absolute Gasteiger partial charge is 0.232 e. The lowest BCUT2D eigenvalue weighted by molar-refractivity contribution is 0.0911. The normalized spacial score (nSPS) is 10.7. The largest absolute Gasteiger partial charge is 0.274 e. The summed E-state index contributed by atoms with van der Waals surface area (Å²) in [7, 11) is 0. The van der Waals surface area contributed by atoms with E-state index in [9.17, 15) is 4.79 Å². The summed E-state index contributed by atoms with van der Waals surface area (Å²) in [6.45, 7) is 3.71. The van der Waals surface area contributed by atoms with E-state index < -0.39 is 0 Å². The molecule has 0 radical (unpaired) electrons. The third-order valence-corrected chi connectivity index (χ3v) is 2.28. The number of benzene rings is 1. The Labute approximate surface area is 82.4 Å². The van der Waals surface area contributed by atoms with Crippen molar-refractivity contribution >= 4 is 16.9 Å². The van der Waals surface area contributed by atoms with Crippen molar-refractivity contribution in [1.82, 2.24) is 9.55 Å². The lowest BCUT2D eigenvalue weighted by atomic mass is 10.3. The maximum Gasteiger partial charge on any atom is 0.232 e. The molecule has 1 aromatic heterocycles. The lowest BCUT2D eigenvalue weighted by Gasteiger charge is -2.01. The summed E-state index contributed by atoms with van der Waals surface area (Å²) in [5.41, 5.74) is 1.78. The quantitative estimate of drug-likeness (QED) is 0.688. The van der Waals surface area contributed by atoms with Gasteiger partial charge in [0.1, 0.15) is 5.82 Å². The third-order valence-electron chi connectivity index (χ3n) is 2.28. The lowest BCUT2D eigenvalue weighted by Crippen LogP contribution is -2.10. The fourth-order valence-corrected chi connectivity index (χ4v) is 1.62. The van der Waals surface area contributed by atoms with Gasteiger partial charge in [-0.05, 0) is 19.1 Å². The molecule has 0 aliphatic heterocycles. The van der Waals surface area contributed by atoms with E-state index in [0.29, 0.717) is 6.42 Å². The molecule has 0 atom stereocenters. The minimum atomic E-state index is 0.0937. The molecule has 0 unspecified atom stereocenters. The van der Waals surface area contributed by atoms with E-state index >= 15 is 0 Å². The van der Waals surface area contributed by atoms with Gasteiger partial charge in [0.15, 0.2) is 0 Å². The van der Waals surface area contributed by atoms with Crippen molar-refractivity contribution in [2.45, 2.75) is 20.3 Å². The van der Waals surface area contributed by atoms with Crippen molar-refractivity contribution in [2.24, 2.45) is 0 Å². The Morgan fingerprint density at radius 3 is 2.86 bits per heavy atom. The van der Waals surface area contributed by atoms with Gasteiger partial charge in [-0.1, -0.05) is 19.1 Å². The zero-order valence-corrected chi connectivity index (χ0v) is 8.32. The Kier molecular flexibility index (Phi) is 2.08. The number of hydrogen-bond donors (Lipinski definition) is 0. The number of carbonyl (C=O) groups is 1. The minimum absolute atomic E-state index is 0.0937. The average molecular weight is 188 g/mol. The number of aromatic nitrogens is 2. The van der Waals surface area contributed by atoms with Gasteiger partial charge in [0.2, 0.25) is 5.91 Å². The second kappa shape index (κ2) is 3.25. The van der Waals surface area contributed by atoms with Crippen molar-refractivity contribution in [3.63, 3.8) is 0 Å². The van der Waals surface area contributed by atoms with Crippen molar-refractivity contribution in [3.8, 4) is 0 Å². The van der Waals surface area contributed by atoms with Crippen LogP contribution in [0.15, 0.2) is 24.3 Å². The van der Waals surface area contributed by atoms with Crippen molar-refractivity contribution in [1.29, 1.82) is 0 Å². The summed E-state index contributed by atoms with van der Waals surface area (Å²) >= 11 is 0. The number of para-hydroxylation sites is 2. The van der Waals surface area contributed by atoms with Gasteiger partial charge >= 0.3 is 0 Å². The molecular formula is C11H12N2O. The molecule has 3 nitrogen and oxygen atoms in total. The molecule has 1 aromatic carbocycles. The van der Waals surface area contributed by atoms with E-state index in [1.54, 1.807) is 4.57 Å². The van der Waals surface area contributed by atoms with Crippen LogP contribution in [-0.4, -0.2) is 15.5 Å². The summed E-state index contributed by atoms with van der Waals surface area (Å²) in [5, 5.41) is 0. The number of carbonyl (C=O) groups excluding carboxylic acids is 1. The topological polar surface area (TPSA) is 34.9 Å². The zero-order chi connectivity index (χ0) is 10.1. The molecule has 0 aliphatic carbocycles. The van der Waals surface area contributed by atoms with E-state index in [2.05, 4.69) is 4.98 Å². The Bertz CT molecular complexity index is 485. The summed E-state index contributed by atoms with van der Waals surface area (Å²) in [6, 6.07) is 7.68. The van der Waals surface area contributed by atoms with Gasteiger partial charge in [-0.25, -0.2) is 4.98 Å². The molecule has 0 spiro atoms. The van der Waals surface area contributed by atoms with Crippen LogP contribution in [0.4, 0.5) is 0 Å². The molecule has 0 bridgehead atoms. The van der Waals surface area contributed by atoms with Crippen LogP contribution in [0.2, 0.25) is 0 Å². The van der Waals surface area contributed by atoms with Crippen molar-refractivity contribution in [2.75, 3.05) is 0 Å². The van der Waals surface area contributed by atoms with Gasteiger partial charge in [-0.2, -0.15) is 0 Å². The third kappa shape index (κ3) is 1.21. The molecule has 72 valence electrons. The number of nitrogens with zero attached hydrogens (tertiary/aromatic N) is 2. The molecular weight excluding hydrogens is 176 g/mol. The number of fused-ring (bicyclic) bond motifs is 1. The highest BCUT2D eigenvalue weighted by molar-refractivity contribution is 5.90. The monoisotopic (exact) mass is 188 g/mol. The molecule has 0 aliphatic rings.